The summed E-state index contributed by atoms with van der Waals surface area (Å²) in [5, 5.41) is 2.41. The maximum absolute atomic E-state index is 13.5. The lowest BCUT2D eigenvalue weighted by Gasteiger charge is -2.20. The van der Waals surface area contributed by atoms with E-state index in [1.165, 1.54) is 44.6 Å². The van der Waals surface area contributed by atoms with E-state index in [9.17, 15) is 17.6 Å². The second-order valence-corrected chi connectivity index (χ2v) is 6.88. The molecule has 0 atom stereocenters. The molecule has 0 aliphatic heterocycles. The van der Waals surface area contributed by atoms with Crippen molar-refractivity contribution in [2.75, 3.05) is 18.4 Å². The smallest absolute Gasteiger partial charge is 0.269 e. The van der Waals surface area contributed by atoms with Crippen LogP contribution in [0.2, 0.25) is 0 Å². The Hall–Kier alpha value is -2.48. The van der Waals surface area contributed by atoms with Crippen molar-refractivity contribution < 1.29 is 17.6 Å². The number of aryl methyl sites for hydroxylation is 1. The van der Waals surface area contributed by atoms with Crippen molar-refractivity contribution in [1.82, 2.24) is 10.3 Å². The molecule has 0 fully saturated rings. The average molecular weight is 337 g/mol. The van der Waals surface area contributed by atoms with E-state index in [-0.39, 0.29) is 16.3 Å². The van der Waals surface area contributed by atoms with E-state index in [0.717, 1.165) is 10.4 Å². The summed E-state index contributed by atoms with van der Waals surface area (Å²) in [7, 11) is -1.17. The van der Waals surface area contributed by atoms with Crippen LogP contribution >= 0.6 is 0 Å². The Morgan fingerprint density at radius 2 is 1.96 bits per heavy atom. The lowest BCUT2D eigenvalue weighted by Crippen LogP contribution is -2.27. The third kappa shape index (κ3) is 3.48. The van der Waals surface area contributed by atoms with E-state index in [2.05, 4.69) is 10.3 Å². The number of amides is 1. The highest BCUT2D eigenvalue weighted by atomic mass is 32.2. The van der Waals surface area contributed by atoms with Crippen molar-refractivity contribution in [3.63, 3.8) is 0 Å². The van der Waals surface area contributed by atoms with Crippen molar-refractivity contribution in [3.8, 4) is 0 Å². The van der Waals surface area contributed by atoms with Crippen LogP contribution in [0.5, 0.6) is 0 Å². The first kappa shape index (κ1) is 16.9. The minimum absolute atomic E-state index is 0.0856. The largest absolute Gasteiger partial charge is 0.354 e. The van der Waals surface area contributed by atoms with Gasteiger partial charge in [-0.25, -0.2) is 12.8 Å². The van der Waals surface area contributed by atoms with Gasteiger partial charge < -0.3 is 5.32 Å². The molecule has 0 bridgehead atoms. The number of aromatic nitrogens is 1. The zero-order chi connectivity index (χ0) is 17.2. The van der Waals surface area contributed by atoms with E-state index < -0.39 is 21.7 Å². The van der Waals surface area contributed by atoms with Crippen molar-refractivity contribution in [2.45, 2.75) is 11.8 Å². The Morgan fingerprint density at radius 1 is 1.26 bits per heavy atom. The molecule has 6 nitrogen and oxygen atoms in total. The Morgan fingerprint density at radius 3 is 2.57 bits per heavy atom. The van der Waals surface area contributed by atoms with Gasteiger partial charge in [-0.1, -0.05) is 0 Å². The Kier molecular flexibility index (Phi) is 4.65. The summed E-state index contributed by atoms with van der Waals surface area (Å²) in [6.07, 6.45) is 1.34. The molecular weight excluding hydrogens is 321 g/mol. The number of pyridine rings is 1. The van der Waals surface area contributed by atoms with Gasteiger partial charge in [-0.3, -0.25) is 14.1 Å². The van der Waals surface area contributed by atoms with Crippen LogP contribution in [0.3, 0.4) is 0 Å². The first-order valence-electron chi connectivity index (χ1n) is 6.70. The molecule has 1 amide bonds. The third-order valence-electron chi connectivity index (χ3n) is 3.24. The van der Waals surface area contributed by atoms with E-state index in [4.69, 9.17) is 0 Å². The molecule has 8 heteroatoms. The topological polar surface area (TPSA) is 79.4 Å². The highest BCUT2D eigenvalue weighted by Crippen LogP contribution is 2.23. The number of nitrogens with one attached hydrogen (secondary N) is 1. The molecule has 1 heterocycles. The number of halogens is 1. The monoisotopic (exact) mass is 337 g/mol. The van der Waals surface area contributed by atoms with Crippen LogP contribution in [0.4, 0.5) is 10.1 Å². The Labute approximate surface area is 134 Å². The Bertz CT molecular complexity index is 833. The number of carbonyl (C=O) groups excluding carboxylic acids is 1. The minimum atomic E-state index is -3.95. The van der Waals surface area contributed by atoms with Gasteiger partial charge in [0.15, 0.2) is 0 Å². The van der Waals surface area contributed by atoms with Crippen LogP contribution in [-0.4, -0.2) is 33.4 Å². The third-order valence-corrected chi connectivity index (χ3v) is 5.00. The number of hydrogen-bond donors (Lipinski definition) is 1. The van der Waals surface area contributed by atoms with Gasteiger partial charge in [-0.05, 0) is 42.8 Å². The molecule has 0 aliphatic carbocycles. The SMILES string of the molecule is CNC(=O)c1cc(N(C)S(=O)(=O)c2cc(C)cc(F)c2)ccn1. The molecule has 1 N–H and O–H groups in total. The van der Waals surface area contributed by atoms with Crippen LogP contribution in [-0.2, 0) is 10.0 Å². The molecule has 0 unspecified atom stereocenters. The first-order chi connectivity index (χ1) is 10.8. The van der Waals surface area contributed by atoms with Crippen molar-refractivity contribution >= 4 is 21.6 Å². The fourth-order valence-electron chi connectivity index (χ4n) is 2.02. The molecule has 2 aromatic rings. The van der Waals surface area contributed by atoms with Crippen LogP contribution in [0, 0.1) is 12.7 Å². The summed E-state index contributed by atoms with van der Waals surface area (Å²) < 4.78 is 39.7. The molecular formula is C15H16FN3O3S. The highest BCUT2D eigenvalue weighted by Gasteiger charge is 2.23. The van der Waals surface area contributed by atoms with Gasteiger partial charge in [0.05, 0.1) is 10.6 Å². The lowest BCUT2D eigenvalue weighted by atomic mass is 10.2. The normalized spacial score (nSPS) is 11.1. The maximum atomic E-state index is 13.5. The van der Waals surface area contributed by atoms with Crippen LogP contribution < -0.4 is 9.62 Å². The number of anilines is 1. The molecule has 122 valence electrons. The summed E-state index contributed by atoms with van der Waals surface area (Å²) in [5.41, 5.74) is 0.834. The van der Waals surface area contributed by atoms with E-state index >= 15 is 0 Å². The number of benzene rings is 1. The Balaban J connectivity index is 2.46. The summed E-state index contributed by atoms with van der Waals surface area (Å²) in [6.45, 7) is 1.61. The van der Waals surface area contributed by atoms with Gasteiger partial charge in [0.2, 0.25) is 0 Å². The first-order valence-corrected chi connectivity index (χ1v) is 8.14. The van der Waals surface area contributed by atoms with Crippen LogP contribution in [0.25, 0.3) is 0 Å². The predicted molar refractivity (Wildman–Crippen MR) is 84.4 cm³/mol. The molecule has 1 aromatic carbocycles. The summed E-state index contributed by atoms with van der Waals surface area (Å²) >= 11 is 0. The van der Waals surface area contributed by atoms with Crippen LogP contribution in [0.15, 0.2) is 41.4 Å². The van der Waals surface area contributed by atoms with E-state index in [0.29, 0.717) is 5.56 Å². The molecule has 23 heavy (non-hydrogen) atoms. The number of hydrogen-bond acceptors (Lipinski definition) is 4. The minimum Gasteiger partial charge on any atom is -0.354 e. The fourth-order valence-corrected chi connectivity index (χ4v) is 3.32. The van der Waals surface area contributed by atoms with Gasteiger partial charge in [0.1, 0.15) is 11.5 Å². The number of sulfonamides is 1. The number of rotatable bonds is 4. The summed E-state index contributed by atoms with van der Waals surface area (Å²) in [5.74, 6) is -1.06. The molecule has 0 saturated heterocycles. The molecule has 1 aromatic heterocycles. The highest BCUT2D eigenvalue weighted by molar-refractivity contribution is 7.92. The lowest BCUT2D eigenvalue weighted by molar-refractivity contribution is 0.0958. The van der Waals surface area contributed by atoms with E-state index in [1.807, 2.05) is 0 Å². The number of nitrogens with zero attached hydrogens (tertiary/aromatic N) is 2. The molecule has 0 aliphatic rings. The summed E-state index contributed by atoms with van der Waals surface area (Å²) in [6, 6.07) is 6.39. The van der Waals surface area contributed by atoms with Crippen molar-refractivity contribution in [1.29, 1.82) is 0 Å². The zero-order valence-electron chi connectivity index (χ0n) is 12.9. The molecule has 0 saturated carbocycles. The van der Waals surface area contributed by atoms with Gasteiger partial charge >= 0.3 is 0 Å². The van der Waals surface area contributed by atoms with Crippen molar-refractivity contribution in [3.05, 3.63) is 53.6 Å². The average Bonchev–Trinajstić information content (AvgIpc) is 2.52. The second kappa shape index (κ2) is 6.33. The predicted octanol–water partition coefficient (Wildman–Crippen LogP) is 1.71. The van der Waals surface area contributed by atoms with Gasteiger partial charge in [-0.2, -0.15) is 0 Å². The quantitative estimate of drug-likeness (QED) is 0.921. The second-order valence-electron chi connectivity index (χ2n) is 4.92. The van der Waals surface area contributed by atoms with Gasteiger partial charge in [0.25, 0.3) is 15.9 Å². The standard InChI is InChI=1S/C15H16FN3O3S/c1-10-6-11(16)8-13(7-10)23(21,22)19(3)12-4-5-18-14(9-12)15(20)17-2/h4-9H,1-3H3,(H,17,20). The van der Waals surface area contributed by atoms with Crippen LogP contribution in [0.1, 0.15) is 16.1 Å². The number of carbonyl (C=O) groups is 1. The molecule has 0 spiro atoms. The maximum Gasteiger partial charge on any atom is 0.269 e. The zero-order valence-corrected chi connectivity index (χ0v) is 13.7. The van der Waals surface area contributed by atoms with Gasteiger partial charge in [0, 0.05) is 20.3 Å². The summed E-state index contributed by atoms with van der Waals surface area (Å²) in [4.78, 5) is 15.3. The van der Waals surface area contributed by atoms with Gasteiger partial charge in [-0.15, -0.1) is 0 Å². The fraction of sp³-hybridized carbons (Fsp3) is 0.200. The van der Waals surface area contributed by atoms with Crippen molar-refractivity contribution in [2.24, 2.45) is 0 Å². The molecule has 2 rings (SSSR count). The molecule has 0 radical (unpaired) electrons. The van der Waals surface area contributed by atoms with E-state index in [1.54, 1.807) is 6.92 Å².